The van der Waals surface area contributed by atoms with Crippen molar-refractivity contribution in [2.24, 2.45) is 11.8 Å². The number of Topliss-reactive ketones (excluding diaryl/α,β-unsaturated/α-hetero) is 1. The second-order valence-corrected chi connectivity index (χ2v) is 7.75. The quantitative estimate of drug-likeness (QED) is 0.577. The van der Waals surface area contributed by atoms with E-state index in [-0.39, 0.29) is 30.4 Å². The van der Waals surface area contributed by atoms with E-state index in [4.69, 9.17) is 9.47 Å². The number of amides is 2. The highest BCUT2D eigenvalue weighted by atomic mass is 16.7. The molecule has 144 valence electrons. The van der Waals surface area contributed by atoms with Crippen molar-refractivity contribution in [3.05, 3.63) is 65.4 Å². The van der Waals surface area contributed by atoms with Gasteiger partial charge in [-0.05, 0) is 29.8 Å². The van der Waals surface area contributed by atoms with Gasteiger partial charge in [-0.2, -0.15) is 0 Å². The Morgan fingerprint density at radius 1 is 1.00 bits per heavy atom. The van der Waals surface area contributed by atoms with E-state index in [9.17, 15) is 14.4 Å². The van der Waals surface area contributed by atoms with Crippen LogP contribution in [-0.4, -0.2) is 30.4 Å². The molecule has 1 unspecified atom stereocenters. The van der Waals surface area contributed by atoms with Crippen LogP contribution in [0.15, 0.2) is 48.7 Å². The molecule has 4 aliphatic heterocycles. The SMILES string of the molecule is O=C1NC(=O)[C@H]2[C@@H]1[C@@H](C(=O)c1ccc3c(c1)OCO3)[NH+]1C=Cc3ccccc3[C@H]21. The Kier molecular flexibility index (Phi) is 3.29. The highest BCUT2D eigenvalue weighted by molar-refractivity contribution is 6.11. The van der Waals surface area contributed by atoms with E-state index in [2.05, 4.69) is 5.32 Å². The van der Waals surface area contributed by atoms with Crippen LogP contribution in [0, 0.1) is 11.8 Å². The van der Waals surface area contributed by atoms with Gasteiger partial charge in [0.25, 0.3) is 0 Å². The largest absolute Gasteiger partial charge is 0.454 e. The first kappa shape index (κ1) is 16.5. The molecule has 2 fully saturated rings. The predicted octanol–water partition coefficient (Wildman–Crippen LogP) is 0.480. The number of imide groups is 1. The van der Waals surface area contributed by atoms with Crippen molar-refractivity contribution < 1.29 is 28.8 Å². The van der Waals surface area contributed by atoms with Gasteiger partial charge in [0.2, 0.25) is 24.4 Å². The minimum Gasteiger partial charge on any atom is -0.454 e. The van der Waals surface area contributed by atoms with Gasteiger partial charge in [-0.15, -0.1) is 0 Å². The molecule has 2 aromatic rings. The molecule has 6 rings (SSSR count). The third kappa shape index (κ3) is 2.19. The first-order valence-electron chi connectivity index (χ1n) is 9.56. The molecule has 29 heavy (non-hydrogen) atoms. The number of rotatable bonds is 2. The Morgan fingerprint density at radius 2 is 1.79 bits per heavy atom. The summed E-state index contributed by atoms with van der Waals surface area (Å²) < 4.78 is 10.7. The maximum atomic E-state index is 13.6. The van der Waals surface area contributed by atoms with Gasteiger partial charge in [0.05, 0.1) is 6.20 Å². The topological polar surface area (TPSA) is 86.1 Å². The minimum atomic E-state index is -0.698. The second-order valence-electron chi connectivity index (χ2n) is 7.75. The smallest absolute Gasteiger partial charge is 0.237 e. The number of quaternary nitrogens is 1. The number of carbonyl (C=O) groups is 3. The van der Waals surface area contributed by atoms with Crippen LogP contribution in [0.1, 0.15) is 27.5 Å². The summed E-state index contributed by atoms with van der Waals surface area (Å²) >= 11 is 0. The third-order valence-electron chi connectivity index (χ3n) is 6.40. The molecule has 7 heteroatoms. The molecule has 2 aromatic carbocycles. The highest BCUT2D eigenvalue weighted by Gasteiger charge is 2.65. The molecular formula is C22H17N2O5+. The van der Waals surface area contributed by atoms with Gasteiger partial charge in [-0.1, -0.05) is 24.3 Å². The molecule has 0 spiro atoms. The molecule has 0 aliphatic carbocycles. The number of ketones is 1. The Bertz CT molecular complexity index is 1120. The fraction of sp³-hybridized carbons (Fsp3) is 0.227. The molecule has 4 heterocycles. The Balaban J connectivity index is 1.47. The molecule has 2 saturated heterocycles. The summed E-state index contributed by atoms with van der Waals surface area (Å²) in [6, 6.07) is 11.9. The number of nitrogens with one attached hydrogen (secondary N) is 2. The standard InChI is InChI=1S/C22H16N2O5/c25-20(12-5-6-14-15(9-12)29-10-28-14)19-17-16(21(26)23-22(17)27)18-13-4-2-1-3-11(13)7-8-24(18)19/h1-9,16-19H,10H2,(H,23,26,27)/p+1/t16-,17+,18+,19-/m0/s1. The lowest BCUT2D eigenvalue weighted by atomic mass is 9.83. The van der Waals surface area contributed by atoms with Gasteiger partial charge >= 0.3 is 0 Å². The van der Waals surface area contributed by atoms with Gasteiger partial charge in [-0.25, -0.2) is 0 Å². The number of hydrogen-bond acceptors (Lipinski definition) is 5. The Hall–Kier alpha value is -3.45. The van der Waals surface area contributed by atoms with Crippen LogP contribution in [0.3, 0.4) is 0 Å². The summed E-state index contributed by atoms with van der Waals surface area (Å²) in [4.78, 5) is 39.8. The lowest BCUT2D eigenvalue weighted by Crippen LogP contribution is -3.12. The predicted molar refractivity (Wildman–Crippen MR) is 100.0 cm³/mol. The number of carbonyl (C=O) groups excluding carboxylic acids is 3. The second kappa shape index (κ2) is 5.78. The van der Waals surface area contributed by atoms with E-state index in [1.807, 2.05) is 36.5 Å². The minimum absolute atomic E-state index is 0.122. The molecule has 2 N–H and O–H groups in total. The van der Waals surface area contributed by atoms with Crippen LogP contribution in [0.5, 0.6) is 11.5 Å². The summed E-state index contributed by atoms with van der Waals surface area (Å²) in [7, 11) is 0. The average Bonchev–Trinajstić information content (AvgIpc) is 3.41. The molecule has 0 bridgehead atoms. The number of hydrogen-bond donors (Lipinski definition) is 2. The van der Waals surface area contributed by atoms with E-state index in [1.54, 1.807) is 18.2 Å². The van der Waals surface area contributed by atoms with Crippen LogP contribution in [0.2, 0.25) is 0 Å². The fourth-order valence-electron chi connectivity index (χ4n) is 5.20. The van der Waals surface area contributed by atoms with Crippen LogP contribution in [0.4, 0.5) is 0 Å². The van der Waals surface area contributed by atoms with E-state index < -0.39 is 17.9 Å². The summed E-state index contributed by atoms with van der Waals surface area (Å²) in [5.74, 6) is -0.993. The van der Waals surface area contributed by atoms with Crippen LogP contribution >= 0.6 is 0 Å². The monoisotopic (exact) mass is 389 g/mol. The zero-order valence-corrected chi connectivity index (χ0v) is 15.3. The van der Waals surface area contributed by atoms with E-state index in [0.717, 1.165) is 16.0 Å². The third-order valence-corrected chi connectivity index (χ3v) is 6.40. The molecule has 0 aromatic heterocycles. The lowest BCUT2D eigenvalue weighted by molar-refractivity contribution is -0.884. The van der Waals surface area contributed by atoms with Gasteiger partial charge in [-0.3, -0.25) is 24.6 Å². The first-order chi connectivity index (χ1) is 14.1. The Morgan fingerprint density at radius 3 is 2.69 bits per heavy atom. The van der Waals surface area contributed by atoms with E-state index in [0.29, 0.717) is 17.1 Å². The van der Waals surface area contributed by atoms with Crippen molar-refractivity contribution in [2.75, 3.05) is 6.79 Å². The number of ether oxygens (including phenoxy) is 2. The zero-order chi connectivity index (χ0) is 19.7. The van der Waals surface area contributed by atoms with Gasteiger partial charge in [0.1, 0.15) is 17.9 Å². The maximum Gasteiger partial charge on any atom is 0.237 e. The van der Waals surface area contributed by atoms with Crippen LogP contribution in [-0.2, 0) is 9.59 Å². The number of benzene rings is 2. The van der Waals surface area contributed by atoms with Crippen molar-refractivity contribution in [2.45, 2.75) is 12.1 Å². The summed E-state index contributed by atoms with van der Waals surface area (Å²) in [6.45, 7) is 0.122. The summed E-state index contributed by atoms with van der Waals surface area (Å²) in [5, 5.41) is 2.45. The lowest BCUT2D eigenvalue weighted by Gasteiger charge is -2.29. The average molecular weight is 389 g/mol. The molecule has 0 radical (unpaired) electrons. The summed E-state index contributed by atoms with van der Waals surface area (Å²) in [5.41, 5.74) is 2.46. The van der Waals surface area contributed by atoms with Crippen molar-refractivity contribution in [1.82, 2.24) is 5.32 Å². The van der Waals surface area contributed by atoms with Crippen LogP contribution < -0.4 is 19.7 Å². The summed E-state index contributed by atoms with van der Waals surface area (Å²) in [6.07, 6.45) is 3.88. The Labute approximate surface area is 165 Å². The van der Waals surface area contributed by atoms with Gasteiger partial charge < -0.3 is 9.47 Å². The molecule has 0 saturated carbocycles. The van der Waals surface area contributed by atoms with Crippen LogP contribution in [0.25, 0.3) is 6.08 Å². The highest BCUT2D eigenvalue weighted by Crippen LogP contribution is 2.41. The van der Waals surface area contributed by atoms with Gasteiger partial charge in [0.15, 0.2) is 17.5 Å². The molecule has 2 amide bonds. The van der Waals surface area contributed by atoms with E-state index >= 15 is 0 Å². The van der Waals surface area contributed by atoms with Gasteiger partial charge in [0, 0.05) is 11.1 Å². The first-order valence-corrected chi connectivity index (χ1v) is 9.56. The zero-order valence-electron chi connectivity index (χ0n) is 15.3. The maximum absolute atomic E-state index is 13.6. The number of fused-ring (bicyclic) bond motifs is 6. The van der Waals surface area contributed by atoms with Crippen molar-refractivity contribution in [1.29, 1.82) is 0 Å². The van der Waals surface area contributed by atoms with Crippen molar-refractivity contribution in [3.63, 3.8) is 0 Å². The van der Waals surface area contributed by atoms with Crippen molar-refractivity contribution in [3.8, 4) is 11.5 Å². The molecular weight excluding hydrogens is 372 g/mol. The fourth-order valence-corrected chi connectivity index (χ4v) is 5.20. The molecule has 7 nitrogen and oxygen atoms in total. The normalized spacial score (nSPS) is 30.6. The van der Waals surface area contributed by atoms with E-state index in [1.165, 1.54) is 0 Å². The molecule has 5 atom stereocenters. The van der Waals surface area contributed by atoms with Crippen molar-refractivity contribution >= 4 is 23.7 Å². The molecule has 4 aliphatic rings.